The first-order chi connectivity index (χ1) is 13.1. The molecular weight excluding hydrogens is 324 g/mol. The lowest BCUT2D eigenvalue weighted by Crippen LogP contribution is -2.21. The van der Waals surface area contributed by atoms with E-state index < -0.39 is 0 Å². The average molecular weight is 348 g/mol. The Bertz CT molecular complexity index is 1080. The van der Waals surface area contributed by atoms with Crippen LogP contribution >= 0.6 is 0 Å². The minimum absolute atomic E-state index is 0.0282. The van der Waals surface area contributed by atoms with Gasteiger partial charge in [0, 0.05) is 5.41 Å². The summed E-state index contributed by atoms with van der Waals surface area (Å²) < 4.78 is 0. The zero-order valence-corrected chi connectivity index (χ0v) is 16.0. The minimum Gasteiger partial charge on any atom is -0.0726 e. The van der Waals surface area contributed by atoms with Crippen LogP contribution in [0.15, 0.2) is 90.5 Å². The van der Waals surface area contributed by atoms with Crippen LogP contribution in [0.25, 0.3) is 16.7 Å². The van der Waals surface area contributed by atoms with E-state index in [1.54, 1.807) is 0 Å². The molecule has 5 rings (SSSR count). The Morgan fingerprint density at radius 1 is 0.741 bits per heavy atom. The second-order valence-electron chi connectivity index (χ2n) is 8.19. The van der Waals surface area contributed by atoms with Crippen molar-refractivity contribution in [3.05, 3.63) is 113 Å². The second kappa shape index (κ2) is 6.09. The van der Waals surface area contributed by atoms with Gasteiger partial charge in [0.05, 0.1) is 0 Å². The van der Waals surface area contributed by atoms with Crippen molar-refractivity contribution < 1.29 is 0 Å². The Kier molecular flexibility index (Phi) is 3.68. The Labute approximate surface area is 161 Å². The van der Waals surface area contributed by atoms with Crippen molar-refractivity contribution in [2.45, 2.75) is 32.1 Å². The van der Waals surface area contributed by atoms with Gasteiger partial charge in [-0.3, -0.25) is 0 Å². The van der Waals surface area contributed by atoms with Crippen LogP contribution in [0, 0.1) is 0 Å². The van der Waals surface area contributed by atoms with Crippen LogP contribution in [0.3, 0.4) is 0 Å². The zero-order valence-electron chi connectivity index (χ0n) is 16.0. The van der Waals surface area contributed by atoms with Gasteiger partial charge in [-0.25, -0.2) is 0 Å². The SMILES string of the molecule is CC(C)(C1=CC(c2ccccc2)=CC1)c1cccc2c1Cc1ccccc1-2. The largest absolute Gasteiger partial charge is 0.0726 e. The molecule has 0 unspecified atom stereocenters. The quantitative estimate of drug-likeness (QED) is 0.376. The van der Waals surface area contributed by atoms with E-state index in [0.29, 0.717) is 0 Å². The third kappa shape index (κ3) is 2.59. The lowest BCUT2D eigenvalue weighted by molar-refractivity contribution is 0.608. The van der Waals surface area contributed by atoms with E-state index in [4.69, 9.17) is 0 Å². The smallest absolute Gasteiger partial charge is 0.0115 e. The molecule has 27 heavy (non-hydrogen) atoms. The van der Waals surface area contributed by atoms with Crippen molar-refractivity contribution >= 4 is 5.57 Å². The fourth-order valence-corrected chi connectivity index (χ4v) is 4.71. The number of rotatable bonds is 3. The van der Waals surface area contributed by atoms with Gasteiger partial charge < -0.3 is 0 Å². The first-order valence-electron chi connectivity index (χ1n) is 9.82. The molecular formula is C27H24. The van der Waals surface area contributed by atoms with Gasteiger partial charge >= 0.3 is 0 Å². The highest BCUT2D eigenvalue weighted by Crippen LogP contribution is 2.46. The van der Waals surface area contributed by atoms with Gasteiger partial charge in [-0.15, -0.1) is 0 Å². The molecule has 0 aromatic heterocycles. The second-order valence-corrected chi connectivity index (χ2v) is 8.19. The predicted molar refractivity (Wildman–Crippen MR) is 115 cm³/mol. The van der Waals surface area contributed by atoms with Crippen LogP contribution in [0.2, 0.25) is 0 Å². The summed E-state index contributed by atoms with van der Waals surface area (Å²) in [5.41, 5.74) is 11.5. The number of benzene rings is 3. The molecule has 0 nitrogen and oxygen atoms in total. The lowest BCUT2D eigenvalue weighted by Gasteiger charge is -2.30. The van der Waals surface area contributed by atoms with Crippen LogP contribution in [0.5, 0.6) is 0 Å². The molecule has 132 valence electrons. The molecule has 2 aliphatic rings. The van der Waals surface area contributed by atoms with Gasteiger partial charge in [-0.2, -0.15) is 0 Å². The fourth-order valence-electron chi connectivity index (χ4n) is 4.71. The number of hydrogen-bond acceptors (Lipinski definition) is 0. The van der Waals surface area contributed by atoms with E-state index in [-0.39, 0.29) is 5.41 Å². The lowest BCUT2D eigenvalue weighted by atomic mass is 9.74. The molecule has 0 heterocycles. The van der Waals surface area contributed by atoms with Crippen LogP contribution in [0.4, 0.5) is 0 Å². The predicted octanol–water partition coefficient (Wildman–Crippen LogP) is 6.95. The molecule has 0 fully saturated rings. The molecule has 0 spiro atoms. The third-order valence-corrected chi connectivity index (χ3v) is 6.31. The normalized spacial score (nSPS) is 15.2. The highest BCUT2D eigenvalue weighted by Gasteiger charge is 2.32. The summed E-state index contributed by atoms with van der Waals surface area (Å²) in [5.74, 6) is 0. The first-order valence-corrected chi connectivity index (χ1v) is 9.82. The molecule has 0 radical (unpaired) electrons. The van der Waals surface area contributed by atoms with Gasteiger partial charge in [0.25, 0.3) is 0 Å². The molecule has 0 amide bonds. The Balaban J connectivity index is 1.55. The van der Waals surface area contributed by atoms with Crippen molar-refractivity contribution in [1.82, 2.24) is 0 Å². The molecule has 0 heteroatoms. The molecule has 0 saturated heterocycles. The van der Waals surface area contributed by atoms with Crippen molar-refractivity contribution in [3.63, 3.8) is 0 Å². The summed E-state index contributed by atoms with van der Waals surface area (Å²) in [7, 11) is 0. The van der Waals surface area contributed by atoms with Crippen molar-refractivity contribution in [2.24, 2.45) is 0 Å². The molecule has 0 aliphatic heterocycles. The van der Waals surface area contributed by atoms with Gasteiger partial charge in [-0.05, 0) is 51.8 Å². The average Bonchev–Trinajstić information content (AvgIpc) is 3.34. The standard InChI is InChI=1S/C27H24/c1-27(2,22-16-15-20(17-22)19-9-4-3-5-10-19)26-14-8-13-24-23-12-7-6-11-21(23)18-25(24)26/h3-15,17H,16,18H2,1-2H3. The number of hydrogen-bond donors (Lipinski definition) is 0. The summed E-state index contributed by atoms with van der Waals surface area (Å²) in [4.78, 5) is 0. The Morgan fingerprint density at radius 3 is 2.33 bits per heavy atom. The number of allylic oxidation sites excluding steroid dienone is 4. The van der Waals surface area contributed by atoms with Crippen molar-refractivity contribution in [2.75, 3.05) is 0 Å². The Hall–Kier alpha value is -2.86. The zero-order chi connectivity index (χ0) is 18.4. The monoisotopic (exact) mass is 348 g/mol. The Morgan fingerprint density at radius 2 is 1.48 bits per heavy atom. The van der Waals surface area contributed by atoms with Crippen LogP contribution in [-0.4, -0.2) is 0 Å². The van der Waals surface area contributed by atoms with E-state index in [2.05, 4.69) is 98.8 Å². The molecule has 2 aliphatic carbocycles. The van der Waals surface area contributed by atoms with E-state index in [9.17, 15) is 0 Å². The van der Waals surface area contributed by atoms with Crippen LogP contribution in [0.1, 0.15) is 42.5 Å². The van der Waals surface area contributed by atoms with Crippen molar-refractivity contribution in [3.8, 4) is 11.1 Å². The number of fused-ring (bicyclic) bond motifs is 3. The molecule has 3 aromatic carbocycles. The summed E-state index contributed by atoms with van der Waals surface area (Å²) in [6.07, 6.45) is 6.88. The maximum Gasteiger partial charge on any atom is 0.0115 e. The van der Waals surface area contributed by atoms with E-state index in [1.165, 1.54) is 44.5 Å². The van der Waals surface area contributed by atoms with Gasteiger partial charge in [0.15, 0.2) is 0 Å². The van der Waals surface area contributed by atoms with Crippen molar-refractivity contribution in [1.29, 1.82) is 0 Å². The highest BCUT2D eigenvalue weighted by molar-refractivity contribution is 5.81. The molecule has 0 N–H and O–H groups in total. The minimum atomic E-state index is 0.0282. The molecule has 3 aromatic rings. The summed E-state index contributed by atoms with van der Waals surface area (Å²) in [6, 6.07) is 26.4. The van der Waals surface area contributed by atoms with Gasteiger partial charge in [0.2, 0.25) is 0 Å². The van der Waals surface area contributed by atoms with Crippen LogP contribution < -0.4 is 0 Å². The van der Waals surface area contributed by atoms with E-state index >= 15 is 0 Å². The molecule has 0 bridgehead atoms. The first kappa shape index (κ1) is 16.3. The van der Waals surface area contributed by atoms with E-state index in [0.717, 1.165) is 12.8 Å². The maximum absolute atomic E-state index is 2.41. The van der Waals surface area contributed by atoms with E-state index in [1.807, 2.05) is 0 Å². The summed E-state index contributed by atoms with van der Waals surface area (Å²) >= 11 is 0. The third-order valence-electron chi connectivity index (χ3n) is 6.31. The summed E-state index contributed by atoms with van der Waals surface area (Å²) in [6.45, 7) is 4.78. The molecule has 0 atom stereocenters. The highest BCUT2D eigenvalue weighted by atomic mass is 14.4. The summed E-state index contributed by atoms with van der Waals surface area (Å²) in [5, 5.41) is 0. The van der Waals surface area contributed by atoms with Gasteiger partial charge in [0.1, 0.15) is 0 Å². The molecule has 0 saturated carbocycles. The van der Waals surface area contributed by atoms with Gasteiger partial charge in [-0.1, -0.05) is 104 Å². The fraction of sp³-hybridized carbons (Fsp3) is 0.185. The van der Waals surface area contributed by atoms with Crippen LogP contribution in [-0.2, 0) is 11.8 Å². The topological polar surface area (TPSA) is 0 Å². The maximum atomic E-state index is 2.41.